The lowest BCUT2D eigenvalue weighted by Gasteiger charge is -2.08. The zero-order valence-electron chi connectivity index (χ0n) is 7.42. The van der Waals surface area contributed by atoms with Gasteiger partial charge in [0.1, 0.15) is 3.70 Å². The second-order valence-corrected chi connectivity index (χ2v) is 3.99. The number of hydrogen-bond donors (Lipinski definition) is 1. The van der Waals surface area contributed by atoms with Crippen molar-refractivity contribution in [3.05, 3.63) is 15.7 Å². The maximum Gasteiger partial charge on any atom is 0.122 e. The van der Waals surface area contributed by atoms with Crippen molar-refractivity contribution in [2.75, 3.05) is 0 Å². The summed E-state index contributed by atoms with van der Waals surface area (Å²) in [4.78, 5) is 4.20. The highest BCUT2D eigenvalue weighted by atomic mass is 127. The molecule has 0 fully saturated rings. The van der Waals surface area contributed by atoms with Gasteiger partial charge in [0.05, 0.1) is 12.0 Å². The second-order valence-electron chi connectivity index (χ2n) is 2.97. The first-order valence-electron chi connectivity index (χ1n) is 4.06. The van der Waals surface area contributed by atoms with Crippen LogP contribution in [0.5, 0.6) is 0 Å². The Morgan fingerprint density at radius 3 is 2.83 bits per heavy atom. The lowest BCUT2D eigenvalue weighted by Crippen LogP contribution is -2.23. The van der Waals surface area contributed by atoms with Crippen molar-refractivity contribution in [1.29, 1.82) is 0 Å². The lowest BCUT2D eigenvalue weighted by molar-refractivity contribution is 0.619. The monoisotopic (exact) mass is 279 g/mol. The molecule has 1 aromatic heterocycles. The van der Waals surface area contributed by atoms with Crippen LogP contribution in [0.3, 0.4) is 0 Å². The van der Waals surface area contributed by atoms with Crippen LogP contribution in [0.2, 0.25) is 0 Å². The molecule has 4 heteroatoms. The minimum Gasteiger partial charge on any atom is -0.337 e. The molecule has 0 saturated heterocycles. The van der Waals surface area contributed by atoms with Crippen LogP contribution >= 0.6 is 22.6 Å². The standard InChI is InChI=1S/C8H14IN3/c1-3-6(10)4-7-8(9)11-5-12(7)2/h5-6H,3-4,10H2,1-2H3. The number of halogens is 1. The molecule has 1 unspecified atom stereocenters. The summed E-state index contributed by atoms with van der Waals surface area (Å²) in [7, 11) is 2.01. The molecule has 0 saturated carbocycles. The summed E-state index contributed by atoms with van der Waals surface area (Å²) in [5, 5.41) is 0. The van der Waals surface area contributed by atoms with E-state index in [-0.39, 0.29) is 6.04 Å². The van der Waals surface area contributed by atoms with Crippen LogP contribution in [0.1, 0.15) is 19.0 Å². The van der Waals surface area contributed by atoms with E-state index in [1.165, 1.54) is 5.69 Å². The second kappa shape index (κ2) is 4.23. The number of nitrogens with two attached hydrogens (primary N) is 1. The molecular formula is C8H14IN3. The summed E-state index contributed by atoms with van der Waals surface area (Å²) >= 11 is 2.24. The van der Waals surface area contributed by atoms with Crippen LogP contribution in [-0.2, 0) is 13.5 Å². The molecule has 12 heavy (non-hydrogen) atoms. The van der Waals surface area contributed by atoms with Gasteiger partial charge in [-0.05, 0) is 29.0 Å². The van der Waals surface area contributed by atoms with E-state index in [9.17, 15) is 0 Å². The van der Waals surface area contributed by atoms with Crippen molar-refractivity contribution in [1.82, 2.24) is 9.55 Å². The molecular weight excluding hydrogens is 265 g/mol. The molecule has 0 spiro atoms. The number of aromatic nitrogens is 2. The van der Waals surface area contributed by atoms with E-state index < -0.39 is 0 Å². The van der Waals surface area contributed by atoms with Crippen LogP contribution < -0.4 is 5.73 Å². The zero-order chi connectivity index (χ0) is 9.14. The maximum atomic E-state index is 5.86. The average molecular weight is 279 g/mol. The van der Waals surface area contributed by atoms with Gasteiger partial charge in [0, 0.05) is 19.5 Å². The summed E-state index contributed by atoms with van der Waals surface area (Å²) in [6.07, 6.45) is 3.77. The Bertz CT molecular complexity index is 237. The normalized spacial score (nSPS) is 13.3. The molecule has 1 heterocycles. The zero-order valence-corrected chi connectivity index (χ0v) is 9.58. The molecule has 1 rings (SSSR count). The number of aryl methyl sites for hydroxylation is 1. The molecule has 68 valence electrons. The molecule has 0 aromatic carbocycles. The van der Waals surface area contributed by atoms with E-state index in [2.05, 4.69) is 34.5 Å². The van der Waals surface area contributed by atoms with Crippen LogP contribution in [-0.4, -0.2) is 15.6 Å². The van der Waals surface area contributed by atoms with Crippen LogP contribution in [0.15, 0.2) is 6.33 Å². The number of hydrogen-bond acceptors (Lipinski definition) is 2. The third kappa shape index (κ3) is 2.20. The van der Waals surface area contributed by atoms with Gasteiger partial charge in [-0.3, -0.25) is 0 Å². The van der Waals surface area contributed by atoms with Gasteiger partial charge in [0.2, 0.25) is 0 Å². The molecule has 0 amide bonds. The van der Waals surface area contributed by atoms with Crippen LogP contribution in [0.4, 0.5) is 0 Å². The molecule has 0 aliphatic rings. The Kier molecular flexibility index (Phi) is 3.52. The quantitative estimate of drug-likeness (QED) is 0.848. The van der Waals surface area contributed by atoms with E-state index in [1.54, 1.807) is 0 Å². The summed E-state index contributed by atoms with van der Waals surface area (Å²) < 4.78 is 3.11. The maximum absolute atomic E-state index is 5.86. The van der Waals surface area contributed by atoms with Gasteiger partial charge in [-0.1, -0.05) is 6.92 Å². The Hall–Kier alpha value is -0.100. The SMILES string of the molecule is CCC(N)Cc1c(I)ncn1C. The van der Waals surface area contributed by atoms with E-state index in [4.69, 9.17) is 5.73 Å². The summed E-state index contributed by atoms with van der Waals surface area (Å²) in [5.74, 6) is 0. The molecule has 0 aliphatic carbocycles. The van der Waals surface area contributed by atoms with Gasteiger partial charge in [-0.25, -0.2) is 4.98 Å². The fraction of sp³-hybridized carbons (Fsp3) is 0.625. The summed E-state index contributed by atoms with van der Waals surface area (Å²) in [5.41, 5.74) is 7.10. The highest BCUT2D eigenvalue weighted by molar-refractivity contribution is 14.1. The first-order valence-corrected chi connectivity index (χ1v) is 5.14. The predicted molar refractivity (Wildman–Crippen MR) is 57.9 cm³/mol. The van der Waals surface area contributed by atoms with Gasteiger partial charge in [-0.2, -0.15) is 0 Å². The van der Waals surface area contributed by atoms with E-state index in [1.807, 2.05) is 17.9 Å². The Morgan fingerprint density at radius 2 is 2.42 bits per heavy atom. The van der Waals surface area contributed by atoms with Gasteiger partial charge < -0.3 is 10.3 Å². The highest BCUT2D eigenvalue weighted by Gasteiger charge is 2.09. The number of rotatable bonds is 3. The topological polar surface area (TPSA) is 43.8 Å². The lowest BCUT2D eigenvalue weighted by atomic mass is 10.1. The molecule has 3 nitrogen and oxygen atoms in total. The van der Waals surface area contributed by atoms with Gasteiger partial charge in [0.25, 0.3) is 0 Å². The van der Waals surface area contributed by atoms with Crippen molar-refractivity contribution in [2.24, 2.45) is 12.8 Å². The molecule has 0 bridgehead atoms. The Morgan fingerprint density at radius 1 is 1.75 bits per heavy atom. The molecule has 2 N–H and O–H groups in total. The van der Waals surface area contributed by atoms with Crippen molar-refractivity contribution >= 4 is 22.6 Å². The average Bonchev–Trinajstić information content (AvgIpc) is 2.35. The summed E-state index contributed by atoms with van der Waals surface area (Å²) in [6, 6.07) is 0.258. The first kappa shape index (κ1) is 9.98. The molecule has 0 aliphatic heterocycles. The van der Waals surface area contributed by atoms with Gasteiger partial charge >= 0.3 is 0 Å². The van der Waals surface area contributed by atoms with Gasteiger partial charge in [-0.15, -0.1) is 0 Å². The Labute approximate surface area is 86.5 Å². The van der Waals surface area contributed by atoms with E-state index in [0.29, 0.717) is 0 Å². The van der Waals surface area contributed by atoms with E-state index in [0.717, 1.165) is 16.5 Å². The van der Waals surface area contributed by atoms with Crippen molar-refractivity contribution < 1.29 is 0 Å². The molecule has 1 aromatic rings. The van der Waals surface area contributed by atoms with Crippen molar-refractivity contribution in [2.45, 2.75) is 25.8 Å². The Balaban J connectivity index is 2.73. The fourth-order valence-electron chi connectivity index (χ4n) is 1.05. The number of nitrogens with zero attached hydrogens (tertiary/aromatic N) is 2. The van der Waals surface area contributed by atoms with Crippen molar-refractivity contribution in [3.63, 3.8) is 0 Å². The number of imidazole rings is 1. The summed E-state index contributed by atoms with van der Waals surface area (Å²) in [6.45, 7) is 2.11. The van der Waals surface area contributed by atoms with Crippen LogP contribution in [0.25, 0.3) is 0 Å². The van der Waals surface area contributed by atoms with Crippen LogP contribution in [0, 0.1) is 3.70 Å². The third-order valence-corrected chi connectivity index (χ3v) is 2.89. The van der Waals surface area contributed by atoms with Crippen molar-refractivity contribution in [3.8, 4) is 0 Å². The first-order chi connectivity index (χ1) is 5.65. The third-order valence-electron chi connectivity index (χ3n) is 1.99. The minimum absolute atomic E-state index is 0.258. The molecule has 1 atom stereocenters. The van der Waals surface area contributed by atoms with Gasteiger partial charge in [0.15, 0.2) is 0 Å². The minimum atomic E-state index is 0.258. The smallest absolute Gasteiger partial charge is 0.122 e. The fourth-order valence-corrected chi connectivity index (χ4v) is 1.77. The predicted octanol–water partition coefficient (Wildman–Crippen LogP) is 1.30. The van der Waals surface area contributed by atoms with E-state index >= 15 is 0 Å². The highest BCUT2D eigenvalue weighted by Crippen LogP contribution is 2.11. The largest absolute Gasteiger partial charge is 0.337 e. The molecule has 0 radical (unpaired) electrons.